The highest BCUT2D eigenvalue weighted by Gasteiger charge is 2.16. The van der Waals surface area contributed by atoms with E-state index in [2.05, 4.69) is 23.4 Å². The molecule has 16 heavy (non-hydrogen) atoms. The number of aromatic nitrogens is 2. The Balaban J connectivity index is 3.01. The van der Waals surface area contributed by atoms with Crippen LogP contribution in [-0.4, -0.2) is 16.3 Å². The number of hydrogen-bond donors (Lipinski definition) is 1. The normalized spacial score (nSPS) is 12.4. The summed E-state index contributed by atoms with van der Waals surface area (Å²) in [7, 11) is 0. The molecule has 4 heteroatoms. The SMILES string of the molecule is CCNCc1c(C)nn(C(C#N)CC)c1C. The molecule has 0 radical (unpaired) electrons. The van der Waals surface area contributed by atoms with Crippen LogP contribution in [0.1, 0.15) is 43.3 Å². The summed E-state index contributed by atoms with van der Waals surface area (Å²) < 4.78 is 1.85. The van der Waals surface area contributed by atoms with Crippen molar-refractivity contribution in [3.05, 3.63) is 17.0 Å². The largest absolute Gasteiger partial charge is 0.313 e. The van der Waals surface area contributed by atoms with E-state index in [4.69, 9.17) is 5.26 Å². The minimum atomic E-state index is -0.144. The van der Waals surface area contributed by atoms with Crippen LogP contribution in [0.25, 0.3) is 0 Å². The van der Waals surface area contributed by atoms with Crippen molar-refractivity contribution in [3.8, 4) is 6.07 Å². The zero-order valence-corrected chi connectivity index (χ0v) is 10.5. The fourth-order valence-electron chi connectivity index (χ4n) is 1.83. The maximum Gasteiger partial charge on any atom is 0.138 e. The summed E-state index contributed by atoms with van der Waals surface area (Å²) in [5, 5.41) is 16.8. The van der Waals surface area contributed by atoms with E-state index in [1.54, 1.807) is 0 Å². The Morgan fingerprint density at radius 3 is 2.62 bits per heavy atom. The van der Waals surface area contributed by atoms with Gasteiger partial charge in [-0.2, -0.15) is 10.4 Å². The number of nitriles is 1. The highest BCUT2D eigenvalue weighted by molar-refractivity contribution is 5.25. The van der Waals surface area contributed by atoms with Crippen LogP contribution < -0.4 is 5.32 Å². The van der Waals surface area contributed by atoms with E-state index in [0.717, 1.165) is 30.9 Å². The van der Waals surface area contributed by atoms with Crippen LogP contribution in [0.2, 0.25) is 0 Å². The Labute approximate surface area is 97.3 Å². The van der Waals surface area contributed by atoms with Crippen LogP contribution in [0.3, 0.4) is 0 Å². The molecule has 0 saturated carbocycles. The minimum Gasteiger partial charge on any atom is -0.313 e. The molecule has 1 atom stereocenters. The first-order chi connectivity index (χ1) is 7.65. The van der Waals surface area contributed by atoms with Crippen LogP contribution in [0.5, 0.6) is 0 Å². The standard InChI is InChI=1S/C12H20N4/c1-5-11(7-13)16-10(4)12(8-14-6-2)9(3)15-16/h11,14H,5-6,8H2,1-4H3. The van der Waals surface area contributed by atoms with Crippen molar-refractivity contribution in [1.82, 2.24) is 15.1 Å². The topological polar surface area (TPSA) is 53.6 Å². The summed E-state index contributed by atoms with van der Waals surface area (Å²) >= 11 is 0. The van der Waals surface area contributed by atoms with Crippen LogP contribution in [0.4, 0.5) is 0 Å². The van der Waals surface area contributed by atoms with Crippen molar-refractivity contribution in [2.75, 3.05) is 6.54 Å². The molecule has 0 spiro atoms. The van der Waals surface area contributed by atoms with Crippen LogP contribution >= 0.6 is 0 Å². The third kappa shape index (κ3) is 2.42. The summed E-state index contributed by atoms with van der Waals surface area (Å²) in [4.78, 5) is 0. The molecule has 0 amide bonds. The van der Waals surface area contributed by atoms with Gasteiger partial charge in [0.05, 0.1) is 11.8 Å². The van der Waals surface area contributed by atoms with Crippen molar-refractivity contribution < 1.29 is 0 Å². The molecule has 0 aromatic carbocycles. The lowest BCUT2D eigenvalue weighted by Gasteiger charge is -2.09. The lowest BCUT2D eigenvalue weighted by Crippen LogP contribution is -2.14. The van der Waals surface area contributed by atoms with Crippen molar-refractivity contribution >= 4 is 0 Å². The summed E-state index contributed by atoms with van der Waals surface area (Å²) in [6, 6.07) is 2.14. The van der Waals surface area contributed by atoms with E-state index in [1.807, 2.05) is 25.5 Å². The second-order valence-corrected chi connectivity index (χ2v) is 3.93. The number of nitrogens with zero attached hydrogens (tertiary/aromatic N) is 3. The lowest BCUT2D eigenvalue weighted by molar-refractivity contribution is 0.518. The van der Waals surface area contributed by atoms with E-state index in [-0.39, 0.29) is 6.04 Å². The Bertz CT molecular complexity index is 386. The zero-order chi connectivity index (χ0) is 12.1. The Morgan fingerprint density at radius 1 is 1.44 bits per heavy atom. The van der Waals surface area contributed by atoms with Gasteiger partial charge in [0.2, 0.25) is 0 Å². The molecule has 1 N–H and O–H groups in total. The number of rotatable bonds is 5. The van der Waals surface area contributed by atoms with Gasteiger partial charge in [-0.3, -0.25) is 4.68 Å². The van der Waals surface area contributed by atoms with Gasteiger partial charge in [-0.15, -0.1) is 0 Å². The van der Waals surface area contributed by atoms with Gasteiger partial charge >= 0.3 is 0 Å². The summed E-state index contributed by atoms with van der Waals surface area (Å²) in [5.74, 6) is 0. The third-order valence-corrected chi connectivity index (χ3v) is 2.86. The summed E-state index contributed by atoms with van der Waals surface area (Å²) in [5.41, 5.74) is 3.34. The fraction of sp³-hybridized carbons (Fsp3) is 0.667. The molecule has 1 rings (SSSR count). The van der Waals surface area contributed by atoms with E-state index in [0.29, 0.717) is 0 Å². The number of aryl methyl sites for hydroxylation is 1. The van der Waals surface area contributed by atoms with Gasteiger partial charge in [-0.25, -0.2) is 0 Å². The van der Waals surface area contributed by atoms with Crippen molar-refractivity contribution in [3.63, 3.8) is 0 Å². The van der Waals surface area contributed by atoms with Gasteiger partial charge in [0.15, 0.2) is 0 Å². The highest BCUT2D eigenvalue weighted by atomic mass is 15.3. The first kappa shape index (κ1) is 12.7. The average Bonchev–Trinajstić information content (AvgIpc) is 2.55. The van der Waals surface area contributed by atoms with Crippen molar-refractivity contribution in [2.24, 2.45) is 0 Å². The van der Waals surface area contributed by atoms with E-state index in [9.17, 15) is 0 Å². The molecule has 0 aliphatic carbocycles. The molecule has 0 bridgehead atoms. The smallest absolute Gasteiger partial charge is 0.138 e. The molecule has 0 aliphatic rings. The Morgan fingerprint density at radius 2 is 2.12 bits per heavy atom. The first-order valence-corrected chi connectivity index (χ1v) is 5.80. The Hall–Kier alpha value is -1.34. The van der Waals surface area contributed by atoms with E-state index in [1.165, 1.54) is 5.56 Å². The fourth-order valence-corrected chi connectivity index (χ4v) is 1.83. The minimum absolute atomic E-state index is 0.144. The lowest BCUT2D eigenvalue weighted by atomic mass is 10.2. The number of nitrogens with one attached hydrogen (secondary N) is 1. The predicted molar refractivity (Wildman–Crippen MR) is 64.0 cm³/mol. The van der Waals surface area contributed by atoms with Crippen LogP contribution in [0.15, 0.2) is 0 Å². The molecule has 1 unspecified atom stereocenters. The second kappa shape index (κ2) is 5.66. The molecule has 0 aliphatic heterocycles. The average molecular weight is 220 g/mol. The monoisotopic (exact) mass is 220 g/mol. The second-order valence-electron chi connectivity index (χ2n) is 3.93. The molecule has 0 saturated heterocycles. The zero-order valence-electron chi connectivity index (χ0n) is 10.5. The van der Waals surface area contributed by atoms with Gasteiger partial charge in [0.1, 0.15) is 6.04 Å². The molecular weight excluding hydrogens is 200 g/mol. The van der Waals surface area contributed by atoms with Gasteiger partial charge < -0.3 is 5.32 Å². The summed E-state index contributed by atoms with van der Waals surface area (Å²) in [6.45, 7) is 9.90. The molecule has 1 aromatic heterocycles. The molecular formula is C12H20N4. The molecule has 1 aromatic rings. The highest BCUT2D eigenvalue weighted by Crippen LogP contribution is 2.18. The van der Waals surface area contributed by atoms with E-state index >= 15 is 0 Å². The van der Waals surface area contributed by atoms with Crippen molar-refractivity contribution in [2.45, 2.75) is 46.7 Å². The van der Waals surface area contributed by atoms with Gasteiger partial charge in [-0.1, -0.05) is 13.8 Å². The predicted octanol–water partition coefficient (Wildman–Crippen LogP) is 2.08. The van der Waals surface area contributed by atoms with Gasteiger partial charge in [0, 0.05) is 17.8 Å². The van der Waals surface area contributed by atoms with Crippen LogP contribution in [0, 0.1) is 25.2 Å². The maximum absolute atomic E-state index is 9.05. The quantitative estimate of drug-likeness (QED) is 0.826. The maximum atomic E-state index is 9.05. The Kier molecular flexibility index (Phi) is 4.51. The van der Waals surface area contributed by atoms with Crippen LogP contribution in [-0.2, 0) is 6.54 Å². The number of hydrogen-bond acceptors (Lipinski definition) is 3. The molecule has 1 heterocycles. The third-order valence-electron chi connectivity index (χ3n) is 2.86. The van der Waals surface area contributed by atoms with E-state index < -0.39 is 0 Å². The van der Waals surface area contributed by atoms with Gasteiger partial charge in [-0.05, 0) is 26.8 Å². The molecule has 4 nitrogen and oxygen atoms in total. The first-order valence-electron chi connectivity index (χ1n) is 5.80. The van der Waals surface area contributed by atoms with Crippen molar-refractivity contribution in [1.29, 1.82) is 5.26 Å². The molecule has 0 fully saturated rings. The summed E-state index contributed by atoms with van der Waals surface area (Å²) in [6.07, 6.45) is 0.791. The van der Waals surface area contributed by atoms with Gasteiger partial charge in [0.25, 0.3) is 0 Å². The molecule has 88 valence electrons.